The number of carbonyl (C=O) groups excluding carboxylic acids is 4. The van der Waals surface area contributed by atoms with Gasteiger partial charge in [-0.1, -0.05) is 13.2 Å². The Morgan fingerprint density at radius 2 is 1.04 bits per heavy atom. The van der Waals surface area contributed by atoms with Gasteiger partial charge in [0.15, 0.2) is 10.1 Å². The van der Waals surface area contributed by atoms with Gasteiger partial charge in [0.2, 0.25) is 0 Å². The van der Waals surface area contributed by atoms with Crippen molar-refractivity contribution in [2.75, 3.05) is 0 Å². The van der Waals surface area contributed by atoms with Crippen molar-refractivity contribution < 1.29 is 38.9 Å². The molecule has 0 saturated heterocycles. The molecular formula is C14H14MgO8S2. The van der Waals surface area contributed by atoms with Crippen LogP contribution in [0.15, 0.2) is 25.3 Å². The Kier molecular flexibility index (Phi) is 19.3. The Balaban J connectivity index is -0.000000372. The van der Waals surface area contributed by atoms with Gasteiger partial charge in [-0.25, -0.2) is 9.59 Å². The van der Waals surface area contributed by atoms with Crippen LogP contribution in [0.3, 0.4) is 0 Å². The van der Waals surface area contributed by atoms with Gasteiger partial charge in [0.05, 0.1) is 0 Å². The number of aliphatic carboxylic acids is 2. The maximum atomic E-state index is 10.5. The zero-order valence-electron chi connectivity index (χ0n) is 13.2. The van der Waals surface area contributed by atoms with Crippen LogP contribution in [-0.4, -0.2) is 57.0 Å². The number of carboxylic acid groups (broad SMARTS) is 2. The van der Waals surface area contributed by atoms with E-state index in [0.717, 1.165) is 12.2 Å². The van der Waals surface area contributed by atoms with Crippen LogP contribution in [-0.2, 0) is 28.7 Å². The Hall–Kier alpha value is -1.69. The molecule has 0 aromatic rings. The van der Waals surface area contributed by atoms with Crippen molar-refractivity contribution in [1.29, 1.82) is 0 Å². The molecule has 0 aliphatic rings. The first-order chi connectivity index (χ1) is 11.1. The molecule has 11 heteroatoms. The van der Waals surface area contributed by atoms with Gasteiger partial charge in [-0.05, 0) is 37.3 Å². The predicted octanol–water partition coefficient (Wildman–Crippen LogP) is -1.23. The van der Waals surface area contributed by atoms with Gasteiger partial charge in [-0.2, -0.15) is 0 Å². The standard InChI is InChI=1S/2C7H8O4S.Mg/c2*1-2-6(10)11-7(12)4-3-5(8)9;/h2*2H,1,3-4H2,(H,8,9);/q;;+2/p-2. The van der Waals surface area contributed by atoms with Crippen molar-refractivity contribution >= 4 is 81.5 Å². The second-order valence-corrected chi connectivity index (χ2v) is 4.65. The molecule has 132 valence electrons. The van der Waals surface area contributed by atoms with Crippen LogP contribution in [0.5, 0.6) is 0 Å². The molecule has 25 heavy (non-hydrogen) atoms. The third kappa shape index (κ3) is 22.3. The molecule has 0 saturated carbocycles. The minimum absolute atomic E-state index is 0. The van der Waals surface area contributed by atoms with Gasteiger partial charge in [0.25, 0.3) is 0 Å². The molecule has 0 radical (unpaired) electrons. The monoisotopic (exact) mass is 398 g/mol. The summed E-state index contributed by atoms with van der Waals surface area (Å²) in [7, 11) is 0. The maximum absolute atomic E-state index is 10.5. The maximum Gasteiger partial charge on any atom is 2.00 e. The van der Waals surface area contributed by atoms with Gasteiger partial charge in [0, 0.05) is 36.9 Å². The predicted molar refractivity (Wildman–Crippen MR) is 92.0 cm³/mol. The SMILES string of the molecule is C=CC(=O)OC(=S)CCC(=O)[O-].C=CC(=O)OC(=S)CCC(=O)[O-].[Mg+2]. The first-order valence-corrected chi connectivity index (χ1v) is 7.07. The van der Waals surface area contributed by atoms with Crippen molar-refractivity contribution in [1.82, 2.24) is 0 Å². The Labute approximate surface area is 171 Å². The van der Waals surface area contributed by atoms with E-state index in [1.807, 2.05) is 0 Å². The minimum Gasteiger partial charge on any atom is -0.550 e. The molecule has 0 bridgehead atoms. The van der Waals surface area contributed by atoms with Gasteiger partial charge in [0.1, 0.15) is 0 Å². The summed E-state index contributed by atoms with van der Waals surface area (Å²) in [5.74, 6) is -3.82. The summed E-state index contributed by atoms with van der Waals surface area (Å²) in [6.07, 6.45) is 1.40. The number of carbonyl (C=O) groups is 4. The first kappa shape index (κ1) is 28.1. The molecule has 0 N–H and O–H groups in total. The topological polar surface area (TPSA) is 133 Å². The molecule has 0 spiro atoms. The fourth-order valence-electron chi connectivity index (χ4n) is 0.818. The van der Waals surface area contributed by atoms with E-state index in [4.69, 9.17) is 0 Å². The van der Waals surface area contributed by atoms with Crippen LogP contribution in [0.2, 0.25) is 0 Å². The average molecular weight is 399 g/mol. The molecule has 0 aliphatic heterocycles. The van der Waals surface area contributed by atoms with E-state index in [1.165, 1.54) is 0 Å². The summed E-state index contributed by atoms with van der Waals surface area (Å²) in [6.45, 7) is 6.29. The summed E-state index contributed by atoms with van der Waals surface area (Å²) < 4.78 is 8.87. The normalized spacial score (nSPS) is 8.32. The molecule has 0 atom stereocenters. The van der Waals surface area contributed by atoms with E-state index < -0.39 is 23.9 Å². The van der Waals surface area contributed by atoms with Crippen molar-refractivity contribution in [3.05, 3.63) is 25.3 Å². The van der Waals surface area contributed by atoms with Crippen LogP contribution in [0.1, 0.15) is 25.7 Å². The van der Waals surface area contributed by atoms with Crippen LogP contribution >= 0.6 is 24.4 Å². The number of hydrogen-bond donors (Lipinski definition) is 0. The fraction of sp³-hybridized carbons (Fsp3) is 0.286. The van der Waals surface area contributed by atoms with Crippen molar-refractivity contribution in [3.63, 3.8) is 0 Å². The summed E-state index contributed by atoms with van der Waals surface area (Å²) in [4.78, 5) is 40.8. The molecule has 0 aromatic carbocycles. The van der Waals surface area contributed by atoms with Crippen LogP contribution in [0.4, 0.5) is 0 Å². The number of carboxylic acids is 2. The van der Waals surface area contributed by atoms with E-state index in [9.17, 15) is 29.4 Å². The van der Waals surface area contributed by atoms with E-state index in [0.29, 0.717) is 0 Å². The quantitative estimate of drug-likeness (QED) is 0.212. The fourth-order valence-corrected chi connectivity index (χ4v) is 1.19. The van der Waals surface area contributed by atoms with E-state index >= 15 is 0 Å². The van der Waals surface area contributed by atoms with Crippen molar-refractivity contribution in [2.24, 2.45) is 0 Å². The van der Waals surface area contributed by atoms with E-state index in [1.54, 1.807) is 0 Å². The smallest absolute Gasteiger partial charge is 0.550 e. The first-order valence-electron chi connectivity index (χ1n) is 6.26. The van der Waals surface area contributed by atoms with Crippen LogP contribution < -0.4 is 10.2 Å². The summed E-state index contributed by atoms with van der Waals surface area (Å²) >= 11 is 9.07. The molecule has 0 amide bonds. The summed E-state index contributed by atoms with van der Waals surface area (Å²) in [5.41, 5.74) is 0. The number of rotatable bonds is 8. The second-order valence-electron chi connectivity index (χ2n) is 3.74. The Morgan fingerprint density at radius 3 is 1.24 bits per heavy atom. The summed E-state index contributed by atoms with van der Waals surface area (Å²) in [6, 6.07) is 0. The van der Waals surface area contributed by atoms with Crippen LogP contribution in [0, 0.1) is 0 Å². The number of esters is 2. The third-order valence-electron chi connectivity index (χ3n) is 1.83. The molecule has 0 unspecified atom stereocenters. The molecule has 0 heterocycles. The van der Waals surface area contributed by atoms with E-state index in [-0.39, 0.29) is 58.8 Å². The zero-order valence-corrected chi connectivity index (χ0v) is 16.2. The Bertz CT molecular complexity index is 497. The third-order valence-corrected chi connectivity index (χ3v) is 2.40. The number of hydrogen-bond acceptors (Lipinski definition) is 10. The average Bonchev–Trinajstić information content (AvgIpc) is 2.51. The minimum atomic E-state index is -1.23. The molecule has 0 fully saturated rings. The zero-order chi connectivity index (χ0) is 19.1. The number of ether oxygens (including phenoxy) is 2. The van der Waals surface area contributed by atoms with Gasteiger partial charge >= 0.3 is 35.0 Å². The molecule has 0 rings (SSSR count). The number of thiocarbonyl (C=S) groups is 2. The summed E-state index contributed by atoms with van der Waals surface area (Å²) in [5, 5.41) is 19.7. The van der Waals surface area contributed by atoms with Crippen molar-refractivity contribution in [2.45, 2.75) is 25.7 Å². The second kappa shape index (κ2) is 17.1. The molecule has 0 aliphatic carbocycles. The molecular weight excluding hydrogens is 385 g/mol. The van der Waals surface area contributed by atoms with Gasteiger partial charge in [-0.3, -0.25) is 0 Å². The van der Waals surface area contributed by atoms with E-state index in [2.05, 4.69) is 47.1 Å². The van der Waals surface area contributed by atoms with Gasteiger partial charge < -0.3 is 29.3 Å². The molecule has 8 nitrogen and oxygen atoms in total. The van der Waals surface area contributed by atoms with Crippen molar-refractivity contribution in [3.8, 4) is 0 Å². The van der Waals surface area contributed by atoms with Gasteiger partial charge in [-0.15, -0.1) is 0 Å². The Morgan fingerprint density at radius 1 is 0.760 bits per heavy atom. The largest absolute Gasteiger partial charge is 2.00 e. The molecule has 0 aromatic heterocycles. The van der Waals surface area contributed by atoms with Crippen LogP contribution in [0.25, 0.3) is 0 Å².